The monoisotopic (exact) mass is 219 g/mol. The standard InChI is InChI=1S/C14H21NO/c1-11(16)12-5-7-13(8-6-12)14(15)9-3-2-4-10-14/h5-8,11,16H,2-4,9-10,15H2,1H3. The zero-order valence-corrected chi connectivity index (χ0v) is 9.95. The van der Waals surface area contributed by atoms with Crippen molar-refractivity contribution in [2.24, 2.45) is 5.73 Å². The molecule has 1 atom stereocenters. The molecular weight excluding hydrogens is 198 g/mol. The molecule has 0 amide bonds. The topological polar surface area (TPSA) is 46.2 Å². The highest BCUT2D eigenvalue weighted by Crippen LogP contribution is 2.34. The van der Waals surface area contributed by atoms with Crippen LogP contribution in [0.4, 0.5) is 0 Å². The molecule has 1 fully saturated rings. The molecule has 1 aromatic carbocycles. The van der Waals surface area contributed by atoms with Gasteiger partial charge < -0.3 is 10.8 Å². The van der Waals surface area contributed by atoms with E-state index in [1.165, 1.54) is 24.8 Å². The smallest absolute Gasteiger partial charge is 0.0761 e. The van der Waals surface area contributed by atoms with Crippen LogP contribution in [-0.2, 0) is 5.54 Å². The minimum absolute atomic E-state index is 0.129. The zero-order valence-electron chi connectivity index (χ0n) is 9.95. The highest BCUT2D eigenvalue weighted by molar-refractivity contribution is 5.29. The Morgan fingerprint density at radius 3 is 2.19 bits per heavy atom. The maximum absolute atomic E-state index is 9.46. The van der Waals surface area contributed by atoms with E-state index >= 15 is 0 Å². The van der Waals surface area contributed by atoms with Crippen LogP contribution in [0.1, 0.15) is 56.3 Å². The van der Waals surface area contributed by atoms with Gasteiger partial charge in [-0.15, -0.1) is 0 Å². The fourth-order valence-corrected chi connectivity index (χ4v) is 2.56. The van der Waals surface area contributed by atoms with Gasteiger partial charge >= 0.3 is 0 Å². The van der Waals surface area contributed by atoms with Crippen molar-refractivity contribution >= 4 is 0 Å². The van der Waals surface area contributed by atoms with E-state index in [9.17, 15) is 5.11 Å². The van der Waals surface area contributed by atoms with E-state index in [1.54, 1.807) is 6.92 Å². The van der Waals surface area contributed by atoms with Gasteiger partial charge in [0.15, 0.2) is 0 Å². The molecule has 2 heteroatoms. The summed E-state index contributed by atoms with van der Waals surface area (Å²) in [4.78, 5) is 0. The van der Waals surface area contributed by atoms with Gasteiger partial charge in [0.25, 0.3) is 0 Å². The lowest BCUT2D eigenvalue weighted by atomic mass is 9.77. The normalized spacial score (nSPS) is 21.7. The highest BCUT2D eigenvalue weighted by atomic mass is 16.3. The van der Waals surface area contributed by atoms with Crippen molar-refractivity contribution in [2.75, 3.05) is 0 Å². The molecule has 0 bridgehead atoms. The molecule has 2 rings (SSSR count). The molecule has 0 aliphatic heterocycles. The van der Waals surface area contributed by atoms with Crippen molar-refractivity contribution < 1.29 is 5.11 Å². The largest absolute Gasteiger partial charge is 0.389 e. The Morgan fingerprint density at radius 1 is 1.12 bits per heavy atom. The molecule has 1 saturated carbocycles. The molecule has 2 nitrogen and oxygen atoms in total. The summed E-state index contributed by atoms with van der Waals surface area (Å²) >= 11 is 0. The number of rotatable bonds is 2. The number of hydrogen-bond donors (Lipinski definition) is 2. The van der Waals surface area contributed by atoms with Crippen LogP contribution in [0.2, 0.25) is 0 Å². The minimum Gasteiger partial charge on any atom is -0.389 e. The molecule has 1 aliphatic rings. The van der Waals surface area contributed by atoms with Crippen LogP contribution >= 0.6 is 0 Å². The first-order valence-electron chi connectivity index (χ1n) is 6.19. The predicted octanol–water partition coefficient (Wildman–Crippen LogP) is 2.86. The number of benzene rings is 1. The number of hydrogen-bond acceptors (Lipinski definition) is 2. The first kappa shape index (κ1) is 11.6. The third-order valence-corrected chi connectivity index (χ3v) is 3.71. The Hall–Kier alpha value is -0.860. The molecule has 16 heavy (non-hydrogen) atoms. The average molecular weight is 219 g/mol. The van der Waals surface area contributed by atoms with Crippen LogP contribution in [0.15, 0.2) is 24.3 Å². The van der Waals surface area contributed by atoms with Crippen LogP contribution in [0.5, 0.6) is 0 Å². The van der Waals surface area contributed by atoms with E-state index in [1.807, 2.05) is 12.1 Å². The van der Waals surface area contributed by atoms with Crippen LogP contribution < -0.4 is 5.73 Å². The quantitative estimate of drug-likeness (QED) is 0.803. The second kappa shape index (κ2) is 4.56. The van der Waals surface area contributed by atoms with Gasteiger partial charge in [-0.25, -0.2) is 0 Å². The van der Waals surface area contributed by atoms with Crippen molar-refractivity contribution in [1.29, 1.82) is 0 Å². The second-order valence-corrected chi connectivity index (χ2v) is 5.01. The zero-order chi connectivity index (χ0) is 11.6. The summed E-state index contributed by atoms with van der Waals surface area (Å²) in [5.74, 6) is 0. The Balaban J connectivity index is 2.20. The minimum atomic E-state index is -0.394. The molecular formula is C14H21NO. The van der Waals surface area contributed by atoms with Crippen molar-refractivity contribution in [3.8, 4) is 0 Å². The maximum atomic E-state index is 9.46. The molecule has 3 N–H and O–H groups in total. The van der Waals surface area contributed by atoms with Crippen molar-refractivity contribution in [1.82, 2.24) is 0 Å². The third kappa shape index (κ3) is 2.28. The summed E-state index contributed by atoms with van der Waals surface area (Å²) in [6, 6.07) is 8.13. The van der Waals surface area contributed by atoms with Gasteiger partial charge in [-0.1, -0.05) is 43.5 Å². The molecule has 0 aromatic heterocycles. The van der Waals surface area contributed by atoms with Gasteiger partial charge in [0.2, 0.25) is 0 Å². The summed E-state index contributed by atoms with van der Waals surface area (Å²) in [5, 5.41) is 9.46. The van der Waals surface area contributed by atoms with Crippen LogP contribution in [-0.4, -0.2) is 5.11 Å². The van der Waals surface area contributed by atoms with Crippen LogP contribution in [0, 0.1) is 0 Å². The second-order valence-electron chi connectivity index (χ2n) is 5.01. The molecule has 1 aromatic rings. The van der Waals surface area contributed by atoms with Gasteiger partial charge in [-0.05, 0) is 30.9 Å². The van der Waals surface area contributed by atoms with E-state index in [2.05, 4.69) is 12.1 Å². The van der Waals surface area contributed by atoms with E-state index in [0.717, 1.165) is 18.4 Å². The van der Waals surface area contributed by atoms with Gasteiger partial charge in [-0.2, -0.15) is 0 Å². The van der Waals surface area contributed by atoms with Gasteiger partial charge in [0.05, 0.1) is 6.10 Å². The summed E-state index contributed by atoms with van der Waals surface area (Å²) < 4.78 is 0. The molecule has 1 aliphatic carbocycles. The number of nitrogens with two attached hydrogens (primary N) is 1. The molecule has 0 radical (unpaired) electrons. The average Bonchev–Trinajstić information content (AvgIpc) is 2.30. The van der Waals surface area contributed by atoms with E-state index in [4.69, 9.17) is 5.73 Å². The van der Waals surface area contributed by atoms with E-state index in [0.29, 0.717) is 0 Å². The first-order valence-corrected chi connectivity index (χ1v) is 6.19. The number of aliphatic hydroxyl groups is 1. The predicted molar refractivity (Wildman–Crippen MR) is 66.0 cm³/mol. The molecule has 0 spiro atoms. The Kier molecular flexibility index (Phi) is 3.31. The van der Waals surface area contributed by atoms with Crippen molar-refractivity contribution in [3.05, 3.63) is 35.4 Å². The van der Waals surface area contributed by atoms with Crippen LogP contribution in [0.3, 0.4) is 0 Å². The third-order valence-electron chi connectivity index (χ3n) is 3.71. The first-order chi connectivity index (χ1) is 7.62. The van der Waals surface area contributed by atoms with E-state index < -0.39 is 6.10 Å². The molecule has 88 valence electrons. The molecule has 1 unspecified atom stereocenters. The Morgan fingerprint density at radius 2 is 1.69 bits per heavy atom. The Bertz CT molecular complexity index is 336. The fraction of sp³-hybridized carbons (Fsp3) is 0.571. The van der Waals surface area contributed by atoms with Crippen molar-refractivity contribution in [3.63, 3.8) is 0 Å². The summed E-state index contributed by atoms with van der Waals surface area (Å²) in [7, 11) is 0. The SMILES string of the molecule is CC(O)c1ccc(C2(N)CCCCC2)cc1. The summed E-state index contributed by atoms with van der Waals surface area (Å²) in [6.07, 6.45) is 5.55. The molecule has 0 heterocycles. The highest BCUT2D eigenvalue weighted by Gasteiger charge is 2.29. The summed E-state index contributed by atoms with van der Waals surface area (Å²) in [6.45, 7) is 1.79. The fourth-order valence-electron chi connectivity index (χ4n) is 2.56. The number of aliphatic hydroxyl groups excluding tert-OH is 1. The van der Waals surface area contributed by atoms with Crippen molar-refractivity contribution in [2.45, 2.75) is 50.7 Å². The lowest BCUT2D eigenvalue weighted by molar-refractivity contribution is 0.199. The van der Waals surface area contributed by atoms with Gasteiger partial charge in [0.1, 0.15) is 0 Å². The van der Waals surface area contributed by atoms with Gasteiger partial charge in [0, 0.05) is 5.54 Å². The lowest BCUT2D eigenvalue weighted by Gasteiger charge is -2.34. The Labute approximate surface area is 97.5 Å². The van der Waals surface area contributed by atoms with Crippen LogP contribution in [0.25, 0.3) is 0 Å². The van der Waals surface area contributed by atoms with E-state index in [-0.39, 0.29) is 5.54 Å². The lowest BCUT2D eigenvalue weighted by Crippen LogP contribution is -2.38. The van der Waals surface area contributed by atoms with Gasteiger partial charge in [-0.3, -0.25) is 0 Å². The maximum Gasteiger partial charge on any atom is 0.0761 e. The summed E-state index contributed by atoms with van der Waals surface area (Å²) in [5.41, 5.74) is 8.49. The molecule has 0 saturated heterocycles.